The van der Waals surface area contributed by atoms with Gasteiger partial charge in [0, 0.05) is 0 Å². The van der Waals surface area contributed by atoms with Crippen molar-refractivity contribution in [2.45, 2.75) is 23.7 Å². The largest absolute Gasteiger partial charge is 0.481 e. The van der Waals surface area contributed by atoms with Crippen molar-refractivity contribution in [1.29, 1.82) is 0 Å². The van der Waals surface area contributed by atoms with E-state index in [2.05, 4.69) is 72.8 Å². The molecule has 3 nitrogen and oxygen atoms in total. The molecule has 0 unspecified atom stereocenters. The zero-order valence-electron chi connectivity index (χ0n) is 16.7. The molecule has 0 aliphatic heterocycles. The van der Waals surface area contributed by atoms with Crippen LogP contribution in [0.4, 0.5) is 0 Å². The van der Waals surface area contributed by atoms with Crippen LogP contribution >= 0.6 is 11.8 Å². The Morgan fingerprint density at radius 3 is 1.67 bits per heavy atom. The molecule has 154 valence electrons. The molecule has 0 aliphatic carbocycles. The van der Waals surface area contributed by atoms with Crippen molar-refractivity contribution >= 4 is 17.7 Å². The summed E-state index contributed by atoms with van der Waals surface area (Å²) >= 11 is 1.84. The molecular weight excluding hydrogens is 392 g/mol. The lowest BCUT2D eigenvalue weighted by molar-refractivity contribution is -0.138. The van der Waals surface area contributed by atoms with E-state index in [1.807, 2.05) is 36.0 Å². The number of carbonyl (C=O) groups is 1. The molecule has 3 rings (SSSR count). The molecule has 1 atom stereocenters. The number of benzene rings is 3. The normalized spacial score (nSPS) is 12.7. The molecule has 3 aromatic carbocycles. The molecule has 0 aromatic heterocycles. The minimum atomic E-state index is -1.00. The average Bonchev–Trinajstić information content (AvgIpc) is 2.78. The van der Waals surface area contributed by atoms with Gasteiger partial charge in [-0.15, -0.1) is 11.8 Å². The van der Waals surface area contributed by atoms with Gasteiger partial charge in [-0.1, -0.05) is 103 Å². The summed E-state index contributed by atoms with van der Waals surface area (Å²) in [5.41, 5.74) is 3.63. The van der Waals surface area contributed by atoms with Gasteiger partial charge in [-0.05, 0) is 28.9 Å². The molecule has 0 aliphatic rings. The number of carboxylic acids is 1. The van der Waals surface area contributed by atoms with Gasteiger partial charge >= 0.3 is 5.97 Å². The highest BCUT2D eigenvalue weighted by Gasteiger charge is 2.36. The van der Waals surface area contributed by atoms with Crippen LogP contribution in [0.15, 0.2) is 103 Å². The van der Waals surface area contributed by atoms with Crippen molar-refractivity contribution in [2.24, 2.45) is 0 Å². The third kappa shape index (κ3) is 5.41. The van der Waals surface area contributed by atoms with Gasteiger partial charge in [0.15, 0.2) is 0 Å². The third-order valence-corrected chi connectivity index (χ3v) is 6.47. The van der Waals surface area contributed by atoms with E-state index in [0.29, 0.717) is 0 Å². The zero-order chi connectivity index (χ0) is 21.2. The van der Waals surface area contributed by atoms with E-state index in [1.54, 1.807) is 6.08 Å². The Kier molecular flexibility index (Phi) is 7.89. The van der Waals surface area contributed by atoms with E-state index < -0.39 is 12.1 Å². The van der Waals surface area contributed by atoms with E-state index in [-0.39, 0.29) is 11.2 Å². The maximum absolute atomic E-state index is 10.7. The van der Waals surface area contributed by atoms with Crippen molar-refractivity contribution in [3.05, 3.63) is 120 Å². The molecule has 30 heavy (non-hydrogen) atoms. The van der Waals surface area contributed by atoms with Crippen LogP contribution in [0, 0.1) is 0 Å². The second-order valence-corrected chi connectivity index (χ2v) is 8.32. The van der Waals surface area contributed by atoms with Crippen LogP contribution in [-0.4, -0.2) is 28.0 Å². The second kappa shape index (κ2) is 10.8. The quantitative estimate of drug-likeness (QED) is 0.260. The topological polar surface area (TPSA) is 57.5 Å². The summed E-state index contributed by atoms with van der Waals surface area (Å²) < 4.78 is -0.364. The van der Waals surface area contributed by atoms with Gasteiger partial charge < -0.3 is 10.2 Å². The first-order valence-corrected chi connectivity index (χ1v) is 11.0. The average molecular weight is 419 g/mol. The van der Waals surface area contributed by atoms with Crippen LogP contribution in [0.2, 0.25) is 0 Å². The van der Waals surface area contributed by atoms with Gasteiger partial charge in [-0.25, -0.2) is 0 Å². The van der Waals surface area contributed by atoms with E-state index in [4.69, 9.17) is 5.11 Å². The first-order chi connectivity index (χ1) is 14.6. The Balaban J connectivity index is 1.92. The van der Waals surface area contributed by atoms with Gasteiger partial charge in [0.1, 0.15) is 0 Å². The SMILES string of the molecule is O=C(O)C[C@@H](O)/C=C/CCSC(c1ccccc1)(c1ccccc1)c1ccccc1. The van der Waals surface area contributed by atoms with Crippen LogP contribution in [0.5, 0.6) is 0 Å². The lowest BCUT2D eigenvalue weighted by Gasteiger charge is -2.35. The van der Waals surface area contributed by atoms with Gasteiger partial charge in [0.25, 0.3) is 0 Å². The van der Waals surface area contributed by atoms with Crippen molar-refractivity contribution in [2.75, 3.05) is 5.75 Å². The van der Waals surface area contributed by atoms with Crippen LogP contribution in [0.25, 0.3) is 0 Å². The summed E-state index contributed by atoms with van der Waals surface area (Å²) in [5, 5.41) is 18.5. The number of carboxylic acid groups (broad SMARTS) is 1. The minimum absolute atomic E-state index is 0.272. The van der Waals surface area contributed by atoms with Gasteiger partial charge in [0.05, 0.1) is 17.3 Å². The standard InChI is InChI=1S/C26H26O3S/c27-24(20-25(28)29)18-10-11-19-30-26(21-12-4-1-5-13-21,22-14-6-2-7-15-22)23-16-8-3-9-17-23/h1-10,12-18,24,27H,11,19-20H2,(H,28,29)/b18-10+/t24-/m0/s1. The third-order valence-electron chi connectivity index (χ3n) is 4.89. The monoisotopic (exact) mass is 418 g/mol. The van der Waals surface area contributed by atoms with E-state index in [0.717, 1.165) is 12.2 Å². The maximum atomic E-state index is 10.7. The molecule has 0 radical (unpaired) electrons. The molecule has 3 aromatic rings. The molecular formula is C26H26O3S. The fraction of sp³-hybridized carbons (Fsp3) is 0.192. The van der Waals surface area contributed by atoms with Gasteiger partial charge in [-0.3, -0.25) is 4.79 Å². The van der Waals surface area contributed by atoms with Gasteiger partial charge in [-0.2, -0.15) is 0 Å². The molecule has 0 saturated carbocycles. The summed E-state index contributed by atoms with van der Waals surface area (Å²) in [6.45, 7) is 0. The molecule has 0 bridgehead atoms. The van der Waals surface area contributed by atoms with Crippen LogP contribution in [0.3, 0.4) is 0 Å². The Bertz CT molecular complexity index is 843. The van der Waals surface area contributed by atoms with Crippen molar-refractivity contribution in [3.8, 4) is 0 Å². The van der Waals surface area contributed by atoms with Gasteiger partial charge in [0.2, 0.25) is 0 Å². The molecule has 0 fully saturated rings. The first-order valence-electron chi connectivity index (χ1n) is 10.00. The lowest BCUT2D eigenvalue weighted by Crippen LogP contribution is -2.26. The summed E-state index contributed by atoms with van der Waals surface area (Å²) in [4.78, 5) is 10.7. The summed E-state index contributed by atoms with van der Waals surface area (Å²) in [6, 6.07) is 31.5. The van der Waals surface area contributed by atoms with Crippen LogP contribution in [-0.2, 0) is 9.54 Å². The number of aliphatic hydroxyl groups excluding tert-OH is 1. The van der Waals surface area contributed by atoms with E-state index in [9.17, 15) is 9.90 Å². The van der Waals surface area contributed by atoms with Crippen molar-refractivity contribution in [1.82, 2.24) is 0 Å². The number of hydrogen-bond acceptors (Lipinski definition) is 3. The van der Waals surface area contributed by atoms with Crippen LogP contribution < -0.4 is 0 Å². The highest BCUT2D eigenvalue weighted by atomic mass is 32.2. The fourth-order valence-electron chi connectivity index (χ4n) is 3.55. The first kappa shape index (κ1) is 21.9. The molecule has 0 amide bonds. The van der Waals surface area contributed by atoms with E-state index in [1.165, 1.54) is 16.7 Å². The Morgan fingerprint density at radius 2 is 1.27 bits per heavy atom. The van der Waals surface area contributed by atoms with Crippen LogP contribution in [0.1, 0.15) is 29.5 Å². The van der Waals surface area contributed by atoms with E-state index >= 15 is 0 Å². The lowest BCUT2D eigenvalue weighted by atomic mass is 9.84. The number of allylic oxidation sites excluding steroid dienone is 1. The molecule has 0 saturated heterocycles. The summed E-state index contributed by atoms with van der Waals surface area (Å²) in [6.07, 6.45) is 2.95. The number of thioether (sulfide) groups is 1. The molecule has 0 heterocycles. The maximum Gasteiger partial charge on any atom is 0.306 e. The molecule has 2 N–H and O–H groups in total. The number of rotatable bonds is 10. The summed E-state index contributed by atoms with van der Waals surface area (Å²) in [5.74, 6) is -0.188. The predicted octanol–water partition coefficient (Wildman–Crippen LogP) is 5.49. The second-order valence-electron chi connectivity index (χ2n) is 7.01. The number of aliphatic hydroxyl groups is 1. The fourth-order valence-corrected chi connectivity index (χ4v) is 5.02. The smallest absolute Gasteiger partial charge is 0.306 e. The predicted molar refractivity (Wildman–Crippen MR) is 124 cm³/mol. The Morgan fingerprint density at radius 1 is 0.833 bits per heavy atom. The van der Waals surface area contributed by atoms with Crippen molar-refractivity contribution in [3.63, 3.8) is 0 Å². The zero-order valence-corrected chi connectivity index (χ0v) is 17.5. The molecule has 0 spiro atoms. The summed E-state index contributed by atoms with van der Waals surface area (Å²) in [7, 11) is 0. The highest BCUT2D eigenvalue weighted by Crippen LogP contribution is 2.48. The highest BCUT2D eigenvalue weighted by molar-refractivity contribution is 8.00. The minimum Gasteiger partial charge on any atom is -0.481 e. The van der Waals surface area contributed by atoms with Crippen molar-refractivity contribution < 1.29 is 15.0 Å². The number of hydrogen-bond donors (Lipinski definition) is 2. The Hall–Kier alpha value is -2.82. The Labute approximate surface area is 182 Å². The molecule has 4 heteroatoms. The number of aliphatic carboxylic acids is 1.